The fourth-order valence-electron chi connectivity index (χ4n) is 3.65. The quantitative estimate of drug-likeness (QED) is 0.806. The lowest BCUT2D eigenvalue weighted by atomic mass is 9.77. The van der Waals surface area contributed by atoms with Crippen LogP contribution in [0.15, 0.2) is 0 Å². The van der Waals surface area contributed by atoms with E-state index in [0.717, 1.165) is 51.6 Å². The van der Waals surface area contributed by atoms with E-state index in [1.54, 1.807) is 0 Å². The topological polar surface area (TPSA) is 47.6 Å². The second-order valence-corrected chi connectivity index (χ2v) is 6.57. The molecule has 2 heterocycles. The zero-order chi connectivity index (χ0) is 14.6. The molecule has 2 aliphatic rings. The molecule has 4 heteroatoms. The Labute approximate surface area is 122 Å². The molecule has 0 aromatic rings. The van der Waals surface area contributed by atoms with Crippen LogP contribution >= 0.6 is 0 Å². The predicted molar refractivity (Wildman–Crippen MR) is 78.6 cm³/mol. The van der Waals surface area contributed by atoms with Crippen molar-refractivity contribution in [3.05, 3.63) is 0 Å². The Morgan fingerprint density at radius 1 is 1.35 bits per heavy atom. The molecular weight excluding hydrogens is 254 g/mol. The first-order valence-electron chi connectivity index (χ1n) is 8.13. The number of hydrogen-bond donors (Lipinski definition) is 1. The van der Waals surface area contributed by atoms with E-state index in [1.807, 2.05) is 0 Å². The van der Waals surface area contributed by atoms with Crippen molar-refractivity contribution < 1.29 is 14.3 Å². The molecule has 116 valence electrons. The lowest BCUT2D eigenvalue weighted by Crippen LogP contribution is -2.48. The highest BCUT2D eigenvalue weighted by molar-refractivity contribution is 5.77. The van der Waals surface area contributed by atoms with Crippen molar-refractivity contribution in [2.75, 3.05) is 13.1 Å². The first kappa shape index (κ1) is 15.8. The van der Waals surface area contributed by atoms with Crippen LogP contribution in [0.25, 0.3) is 0 Å². The third-order valence-corrected chi connectivity index (χ3v) is 4.56. The molecule has 0 spiro atoms. The van der Waals surface area contributed by atoms with E-state index >= 15 is 0 Å². The number of ether oxygens (including phenoxy) is 2. The van der Waals surface area contributed by atoms with Gasteiger partial charge in [0.05, 0.1) is 17.6 Å². The zero-order valence-electron chi connectivity index (χ0n) is 13.1. The van der Waals surface area contributed by atoms with Crippen LogP contribution in [0.1, 0.15) is 59.3 Å². The van der Waals surface area contributed by atoms with Crippen LogP contribution in [-0.4, -0.2) is 37.4 Å². The zero-order valence-corrected chi connectivity index (χ0v) is 13.1. The molecule has 0 saturated carbocycles. The number of rotatable bonds is 4. The lowest BCUT2D eigenvalue weighted by molar-refractivity contribution is -0.173. The van der Waals surface area contributed by atoms with Crippen LogP contribution in [-0.2, 0) is 14.3 Å². The molecule has 0 amide bonds. The number of piperidine rings is 1. The van der Waals surface area contributed by atoms with Gasteiger partial charge in [-0.05, 0) is 39.7 Å². The van der Waals surface area contributed by atoms with Gasteiger partial charge in [-0.15, -0.1) is 0 Å². The Balaban J connectivity index is 1.97. The molecule has 0 aliphatic carbocycles. The normalized spacial score (nSPS) is 38.5. The van der Waals surface area contributed by atoms with E-state index in [4.69, 9.17) is 9.47 Å². The van der Waals surface area contributed by atoms with Crippen molar-refractivity contribution in [3.63, 3.8) is 0 Å². The summed E-state index contributed by atoms with van der Waals surface area (Å²) in [5, 5.41) is 3.37. The van der Waals surface area contributed by atoms with Crippen LogP contribution in [0.3, 0.4) is 0 Å². The van der Waals surface area contributed by atoms with Gasteiger partial charge in [-0.2, -0.15) is 0 Å². The van der Waals surface area contributed by atoms with Crippen LogP contribution in [0.5, 0.6) is 0 Å². The molecule has 3 atom stereocenters. The van der Waals surface area contributed by atoms with Gasteiger partial charge in [0.2, 0.25) is 0 Å². The molecule has 2 aliphatic heterocycles. The minimum absolute atomic E-state index is 0.0119. The first-order chi connectivity index (χ1) is 9.55. The van der Waals surface area contributed by atoms with E-state index in [0.29, 0.717) is 0 Å². The molecule has 2 fully saturated rings. The van der Waals surface area contributed by atoms with Gasteiger partial charge < -0.3 is 14.8 Å². The third kappa shape index (κ3) is 3.73. The molecule has 0 bridgehead atoms. The van der Waals surface area contributed by atoms with Gasteiger partial charge in [0.15, 0.2) is 0 Å². The van der Waals surface area contributed by atoms with E-state index in [9.17, 15) is 4.79 Å². The Kier molecular flexibility index (Phi) is 5.44. The van der Waals surface area contributed by atoms with Gasteiger partial charge in [-0.1, -0.05) is 13.3 Å². The van der Waals surface area contributed by atoms with Crippen LogP contribution in [0.4, 0.5) is 0 Å². The van der Waals surface area contributed by atoms with Gasteiger partial charge in [-0.3, -0.25) is 4.79 Å². The molecule has 2 rings (SSSR count). The Morgan fingerprint density at radius 3 is 2.60 bits per heavy atom. The minimum atomic E-state index is -0.294. The SMILES string of the molecule is CCCC1(C(=O)OC2CC(C)OC(C)C2)CCCNC1. The summed E-state index contributed by atoms with van der Waals surface area (Å²) < 4.78 is 11.6. The van der Waals surface area contributed by atoms with Crippen molar-refractivity contribution in [2.24, 2.45) is 5.41 Å². The largest absolute Gasteiger partial charge is 0.462 e. The van der Waals surface area contributed by atoms with Crippen LogP contribution in [0, 0.1) is 5.41 Å². The minimum Gasteiger partial charge on any atom is -0.462 e. The smallest absolute Gasteiger partial charge is 0.313 e. The molecule has 20 heavy (non-hydrogen) atoms. The monoisotopic (exact) mass is 283 g/mol. The van der Waals surface area contributed by atoms with Crippen LogP contribution < -0.4 is 5.32 Å². The number of nitrogens with one attached hydrogen (secondary N) is 1. The summed E-state index contributed by atoms with van der Waals surface area (Å²) in [6, 6.07) is 0. The number of hydrogen-bond acceptors (Lipinski definition) is 4. The lowest BCUT2D eigenvalue weighted by Gasteiger charge is -2.38. The molecule has 2 saturated heterocycles. The van der Waals surface area contributed by atoms with Gasteiger partial charge in [0, 0.05) is 19.4 Å². The fourth-order valence-corrected chi connectivity index (χ4v) is 3.65. The maximum atomic E-state index is 12.7. The first-order valence-corrected chi connectivity index (χ1v) is 8.13. The summed E-state index contributed by atoms with van der Waals surface area (Å²) in [6.45, 7) is 8.04. The Bertz CT molecular complexity index is 310. The summed E-state index contributed by atoms with van der Waals surface area (Å²) in [4.78, 5) is 12.7. The summed E-state index contributed by atoms with van der Waals surface area (Å²) in [5.41, 5.74) is -0.294. The summed E-state index contributed by atoms with van der Waals surface area (Å²) in [6.07, 6.45) is 6.02. The fraction of sp³-hybridized carbons (Fsp3) is 0.938. The second kappa shape index (κ2) is 6.90. The average molecular weight is 283 g/mol. The Morgan fingerprint density at radius 2 is 2.05 bits per heavy atom. The molecule has 3 unspecified atom stereocenters. The third-order valence-electron chi connectivity index (χ3n) is 4.56. The number of carbonyl (C=O) groups is 1. The standard InChI is InChI=1S/C16H29NO3/c1-4-6-16(7-5-8-17-11-16)15(18)20-14-9-12(2)19-13(3)10-14/h12-14,17H,4-11H2,1-3H3. The van der Waals surface area contributed by atoms with Crippen molar-refractivity contribution in [1.29, 1.82) is 0 Å². The summed E-state index contributed by atoms with van der Waals surface area (Å²) in [5.74, 6) is 0.0119. The number of carbonyl (C=O) groups excluding carboxylic acids is 1. The summed E-state index contributed by atoms with van der Waals surface area (Å²) in [7, 11) is 0. The van der Waals surface area contributed by atoms with Crippen molar-refractivity contribution in [3.8, 4) is 0 Å². The van der Waals surface area contributed by atoms with Gasteiger partial charge in [0.25, 0.3) is 0 Å². The maximum absolute atomic E-state index is 12.7. The molecule has 4 nitrogen and oxygen atoms in total. The highest BCUT2D eigenvalue weighted by atomic mass is 16.6. The second-order valence-electron chi connectivity index (χ2n) is 6.57. The van der Waals surface area contributed by atoms with Gasteiger partial charge in [-0.25, -0.2) is 0 Å². The summed E-state index contributed by atoms with van der Waals surface area (Å²) >= 11 is 0. The molecular formula is C16H29NO3. The van der Waals surface area contributed by atoms with Gasteiger partial charge in [0.1, 0.15) is 6.10 Å². The van der Waals surface area contributed by atoms with Gasteiger partial charge >= 0.3 is 5.97 Å². The highest BCUT2D eigenvalue weighted by Crippen LogP contribution is 2.34. The molecule has 0 radical (unpaired) electrons. The van der Waals surface area contributed by atoms with Crippen molar-refractivity contribution in [2.45, 2.75) is 77.6 Å². The van der Waals surface area contributed by atoms with Crippen molar-refractivity contribution >= 4 is 5.97 Å². The van der Waals surface area contributed by atoms with Crippen molar-refractivity contribution in [1.82, 2.24) is 5.32 Å². The Hall–Kier alpha value is -0.610. The van der Waals surface area contributed by atoms with E-state index in [-0.39, 0.29) is 29.7 Å². The van der Waals surface area contributed by atoms with E-state index in [1.165, 1.54) is 0 Å². The average Bonchev–Trinajstić information content (AvgIpc) is 2.38. The molecule has 1 N–H and O–H groups in total. The maximum Gasteiger partial charge on any atom is 0.313 e. The van der Waals surface area contributed by atoms with Crippen LogP contribution in [0.2, 0.25) is 0 Å². The molecule has 0 aromatic carbocycles. The van der Waals surface area contributed by atoms with E-state index in [2.05, 4.69) is 26.1 Å². The van der Waals surface area contributed by atoms with E-state index < -0.39 is 0 Å². The number of esters is 1. The highest BCUT2D eigenvalue weighted by Gasteiger charge is 2.42. The predicted octanol–water partition coefficient (Wildman–Crippen LogP) is 2.66. The molecule has 0 aromatic heterocycles.